The monoisotopic (exact) mass is 311 g/mol. The van der Waals surface area contributed by atoms with Gasteiger partial charge in [0, 0.05) is 25.1 Å². The summed E-state index contributed by atoms with van der Waals surface area (Å²) in [6.45, 7) is 0.112. The molecule has 0 aliphatic heterocycles. The van der Waals surface area contributed by atoms with Crippen molar-refractivity contribution in [1.29, 1.82) is 0 Å². The maximum atomic E-state index is 13.0. The molecular weight excluding hydrogens is 293 g/mol. The van der Waals surface area contributed by atoms with Crippen molar-refractivity contribution in [3.05, 3.63) is 12.2 Å². The average molecular weight is 312 g/mol. The molecule has 1 aliphatic carbocycles. The van der Waals surface area contributed by atoms with Gasteiger partial charge in [-0.3, -0.25) is 4.79 Å². The van der Waals surface area contributed by atoms with Crippen molar-refractivity contribution >= 4 is 27.3 Å². The molecule has 110 valence electrons. The molecule has 0 aromatic heterocycles. The van der Waals surface area contributed by atoms with Crippen molar-refractivity contribution in [3.63, 3.8) is 0 Å². The molecule has 0 spiro atoms. The van der Waals surface area contributed by atoms with Crippen LogP contribution in [0.4, 0.5) is 4.39 Å². The molecule has 0 radical (unpaired) electrons. The number of alkyl halides is 2. The summed E-state index contributed by atoms with van der Waals surface area (Å²) in [4.78, 5) is 11.3. The van der Waals surface area contributed by atoms with Crippen molar-refractivity contribution < 1.29 is 17.6 Å². The molecule has 0 aromatic rings. The normalized spacial score (nSPS) is 26.6. The van der Waals surface area contributed by atoms with E-state index in [2.05, 4.69) is 5.32 Å². The van der Waals surface area contributed by atoms with E-state index in [1.165, 1.54) is 6.08 Å². The van der Waals surface area contributed by atoms with E-state index in [4.69, 9.17) is 11.6 Å². The van der Waals surface area contributed by atoms with Gasteiger partial charge in [0.2, 0.25) is 5.91 Å². The van der Waals surface area contributed by atoms with Crippen LogP contribution < -0.4 is 5.32 Å². The van der Waals surface area contributed by atoms with E-state index in [1.807, 2.05) is 0 Å². The molecule has 1 fully saturated rings. The average Bonchev–Trinajstić information content (AvgIpc) is 2.84. The lowest BCUT2D eigenvalue weighted by atomic mass is 10.1. The second kappa shape index (κ2) is 6.70. The Labute approximate surface area is 118 Å². The highest BCUT2D eigenvalue weighted by atomic mass is 35.5. The Morgan fingerprint density at radius 2 is 2.21 bits per heavy atom. The Morgan fingerprint density at radius 1 is 1.58 bits per heavy atom. The molecule has 0 aromatic carbocycles. The standard InChI is InChI=1S/C12H19ClFNO3S/c1-19(17,18)8-7-15-11(16)6-4-2-3-5-10-9-12(10,13)14/h4,6,10H,2-3,5,7-9H2,1H3,(H,15,16)/b6-4+. The first-order chi connectivity index (χ1) is 8.71. The Kier molecular flexibility index (Phi) is 5.80. The first-order valence-corrected chi connectivity index (χ1v) is 8.64. The number of sulfone groups is 1. The second-order valence-corrected chi connectivity index (χ2v) is 7.80. The maximum absolute atomic E-state index is 13.0. The number of rotatable bonds is 8. The Bertz CT molecular complexity index is 448. The van der Waals surface area contributed by atoms with Gasteiger partial charge in [0.15, 0.2) is 5.13 Å². The highest BCUT2D eigenvalue weighted by molar-refractivity contribution is 7.90. The van der Waals surface area contributed by atoms with Gasteiger partial charge < -0.3 is 5.32 Å². The van der Waals surface area contributed by atoms with Crippen LogP contribution in [0.3, 0.4) is 0 Å². The minimum atomic E-state index is -3.05. The summed E-state index contributed by atoms with van der Waals surface area (Å²) in [5.74, 6) is -0.429. The Hall–Kier alpha value is -0.620. The van der Waals surface area contributed by atoms with Crippen molar-refractivity contribution in [3.8, 4) is 0 Å². The number of allylic oxidation sites excluding steroid dienone is 1. The van der Waals surface area contributed by atoms with Crippen molar-refractivity contribution in [2.24, 2.45) is 5.92 Å². The van der Waals surface area contributed by atoms with E-state index in [0.29, 0.717) is 12.8 Å². The van der Waals surface area contributed by atoms with Crippen LogP contribution in [0.15, 0.2) is 12.2 Å². The molecule has 1 aliphatic rings. The number of nitrogens with one attached hydrogen (secondary N) is 1. The number of hydrogen-bond acceptors (Lipinski definition) is 3. The van der Waals surface area contributed by atoms with Crippen LogP contribution >= 0.6 is 11.6 Å². The number of unbranched alkanes of at least 4 members (excludes halogenated alkanes) is 1. The highest BCUT2D eigenvalue weighted by Gasteiger charge is 2.53. The van der Waals surface area contributed by atoms with Gasteiger partial charge in [0.25, 0.3) is 0 Å². The van der Waals surface area contributed by atoms with Gasteiger partial charge in [0.1, 0.15) is 9.84 Å². The molecule has 2 unspecified atom stereocenters. The Morgan fingerprint density at radius 3 is 2.74 bits per heavy atom. The zero-order valence-electron chi connectivity index (χ0n) is 10.9. The predicted molar refractivity (Wildman–Crippen MR) is 73.5 cm³/mol. The van der Waals surface area contributed by atoms with Crippen LogP contribution in [-0.4, -0.2) is 38.0 Å². The molecule has 1 saturated carbocycles. The van der Waals surface area contributed by atoms with Gasteiger partial charge in [-0.2, -0.15) is 0 Å². The second-order valence-electron chi connectivity index (χ2n) is 4.92. The fourth-order valence-electron chi connectivity index (χ4n) is 1.67. The lowest BCUT2D eigenvalue weighted by molar-refractivity contribution is -0.116. The molecule has 7 heteroatoms. The van der Waals surface area contributed by atoms with Gasteiger partial charge in [-0.1, -0.05) is 17.7 Å². The maximum Gasteiger partial charge on any atom is 0.243 e. The molecule has 0 bridgehead atoms. The zero-order chi connectivity index (χ0) is 14.5. The first-order valence-electron chi connectivity index (χ1n) is 6.20. The molecule has 0 heterocycles. The molecule has 4 nitrogen and oxygen atoms in total. The number of carbonyl (C=O) groups is 1. The quantitative estimate of drug-likeness (QED) is 0.422. The fourth-order valence-corrected chi connectivity index (χ4v) is 2.44. The summed E-state index contributed by atoms with van der Waals surface area (Å²) in [7, 11) is -3.05. The van der Waals surface area contributed by atoms with Crippen molar-refractivity contribution in [1.82, 2.24) is 5.32 Å². The number of carbonyl (C=O) groups excluding carboxylic acids is 1. The molecule has 2 atom stereocenters. The van der Waals surface area contributed by atoms with Crippen molar-refractivity contribution in [2.45, 2.75) is 30.8 Å². The van der Waals surface area contributed by atoms with Gasteiger partial charge in [0.05, 0.1) is 5.75 Å². The van der Waals surface area contributed by atoms with E-state index < -0.39 is 15.0 Å². The van der Waals surface area contributed by atoms with Crippen LogP contribution in [0.5, 0.6) is 0 Å². The zero-order valence-corrected chi connectivity index (χ0v) is 12.4. The first kappa shape index (κ1) is 16.4. The summed E-state index contributed by atoms with van der Waals surface area (Å²) >= 11 is 5.47. The van der Waals surface area contributed by atoms with Gasteiger partial charge in [-0.05, 0) is 25.3 Å². The number of hydrogen-bond donors (Lipinski definition) is 1. The molecule has 0 saturated heterocycles. The molecule has 19 heavy (non-hydrogen) atoms. The van der Waals surface area contributed by atoms with E-state index in [9.17, 15) is 17.6 Å². The van der Waals surface area contributed by atoms with E-state index in [-0.39, 0.29) is 24.1 Å². The van der Waals surface area contributed by atoms with Crippen LogP contribution in [0.25, 0.3) is 0 Å². The molecule has 1 amide bonds. The third kappa shape index (κ3) is 7.52. The van der Waals surface area contributed by atoms with Crippen LogP contribution in [0.2, 0.25) is 0 Å². The largest absolute Gasteiger partial charge is 0.352 e. The topological polar surface area (TPSA) is 63.2 Å². The number of halogens is 2. The van der Waals surface area contributed by atoms with Gasteiger partial charge >= 0.3 is 0 Å². The van der Waals surface area contributed by atoms with E-state index in [0.717, 1.165) is 19.1 Å². The summed E-state index contributed by atoms with van der Waals surface area (Å²) in [5.41, 5.74) is 0. The third-order valence-electron chi connectivity index (χ3n) is 2.92. The third-order valence-corrected chi connectivity index (χ3v) is 4.33. The molecule has 1 N–H and O–H groups in total. The predicted octanol–water partition coefficient (Wildman–Crippen LogP) is 1.80. The van der Waals surface area contributed by atoms with Gasteiger partial charge in [-0.25, -0.2) is 12.8 Å². The van der Waals surface area contributed by atoms with Crippen LogP contribution in [0.1, 0.15) is 25.7 Å². The molecule has 1 rings (SSSR count). The minimum Gasteiger partial charge on any atom is -0.352 e. The van der Waals surface area contributed by atoms with E-state index in [1.54, 1.807) is 6.08 Å². The summed E-state index contributed by atoms with van der Waals surface area (Å²) in [5, 5.41) is 0.985. The lowest BCUT2D eigenvalue weighted by Crippen LogP contribution is -2.27. The fraction of sp³-hybridized carbons (Fsp3) is 0.750. The smallest absolute Gasteiger partial charge is 0.243 e. The molecular formula is C12H19ClFNO3S. The SMILES string of the molecule is CS(=O)(=O)CCNC(=O)/C=C/CCCC1CC1(F)Cl. The highest BCUT2D eigenvalue weighted by Crippen LogP contribution is 2.53. The van der Waals surface area contributed by atoms with E-state index >= 15 is 0 Å². The summed E-state index contributed by atoms with van der Waals surface area (Å²) in [6, 6.07) is 0. The lowest BCUT2D eigenvalue weighted by Gasteiger charge is -2.00. The van der Waals surface area contributed by atoms with Crippen LogP contribution in [-0.2, 0) is 14.6 Å². The summed E-state index contributed by atoms with van der Waals surface area (Å²) < 4.78 is 34.6. The Balaban J connectivity index is 2.04. The van der Waals surface area contributed by atoms with Crippen molar-refractivity contribution in [2.75, 3.05) is 18.6 Å². The van der Waals surface area contributed by atoms with Gasteiger partial charge in [-0.15, -0.1) is 0 Å². The minimum absolute atomic E-state index is 0.0499. The number of amides is 1. The summed E-state index contributed by atoms with van der Waals surface area (Å²) in [6.07, 6.45) is 6.81. The van der Waals surface area contributed by atoms with Crippen LogP contribution in [0, 0.1) is 5.92 Å².